The summed E-state index contributed by atoms with van der Waals surface area (Å²) in [6.45, 7) is 6.57. The SMILES string of the molecule is CCCC1(CC)CCCOC1. The molecule has 1 atom stereocenters. The predicted octanol–water partition coefficient (Wildman–Crippen LogP) is 2.99. The van der Waals surface area contributed by atoms with Crippen LogP contribution in [-0.4, -0.2) is 13.2 Å². The van der Waals surface area contributed by atoms with Crippen molar-refractivity contribution >= 4 is 0 Å². The standard InChI is InChI=1S/C10H20O/c1-3-6-10(4-2)7-5-8-11-9-10/h3-9H2,1-2H3. The third-order valence-corrected chi connectivity index (χ3v) is 2.93. The van der Waals surface area contributed by atoms with Gasteiger partial charge in [0.25, 0.3) is 0 Å². The second-order valence-corrected chi connectivity index (χ2v) is 3.76. The minimum Gasteiger partial charge on any atom is -0.381 e. The van der Waals surface area contributed by atoms with Crippen molar-refractivity contribution < 1.29 is 4.74 Å². The van der Waals surface area contributed by atoms with Crippen LogP contribution in [-0.2, 0) is 4.74 Å². The zero-order chi connectivity index (χ0) is 8.16. The monoisotopic (exact) mass is 156 g/mol. The molecule has 0 aliphatic carbocycles. The minimum atomic E-state index is 0.549. The molecule has 0 radical (unpaired) electrons. The highest BCUT2D eigenvalue weighted by Crippen LogP contribution is 2.36. The van der Waals surface area contributed by atoms with Gasteiger partial charge in [-0.15, -0.1) is 0 Å². The van der Waals surface area contributed by atoms with Crippen molar-refractivity contribution in [3.63, 3.8) is 0 Å². The van der Waals surface area contributed by atoms with Crippen molar-refractivity contribution in [2.45, 2.75) is 46.0 Å². The fraction of sp³-hybridized carbons (Fsp3) is 1.00. The molecule has 1 nitrogen and oxygen atoms in total. The van der Waals surface area contributed by atoms with E-state index in [9.17, 15) is 0 Å². The summed E-state index contributed by atoms with van der Waals surface area (Å²) in [5.41, 5.74) is 0.549. The molecular weight excluding hydrogens is 136 g/mol. The van der Waals surface area contributed by atoms with Gasteiger partial charge >= 0.3 is 0 Å². The lowest BCUT2D eigenvalue weighted by Crippen LogP contribution is -2.30. The summed E-state index contributed by atoms with van der Waals surface area (Å²) in [7, 11) is 0. The number of hydrogen-bond acceptors (Lipinski definition) is 1. The first-order valence-corrected chi connectivity index (χ1v) is 4.91. The van der Waals surface area contributed by atoms with E-state index in [1.54, 1.807) is 0 Å². The molecule has 1 saturated heterocycles. The first kappa shape index (κ1) is 9.05. The van der Waals surface area contributed by atoms with Gasteiger partial charge in [-0.2, -0.15) is 0 Å². The van der Waals surface area contributed by atoms with E-state index < -0.39 is 0 Å². The minimum absolute atomic E-state index is 0.549. The maximum atomic E-state index is 5.53. The summed E-state index contributed by atoms with van der Waals surface area (Å²) >= 11 is 0. The molecule has 1 heteroatoms. The number of rotatable bonds is 3. The summed E-state index contributed by atoms with van der Waals surface area (Å²) in [6, 6.07) is 0. The zero-order valence-electron chi connectivity index (χ0n) is 7.86. The highest BCUT2D eigenvalue weighted by atomic mass is 16.5. The average molecular weight is 156 g/mol. The normalized spacial score (nSPS) is 32.2. The molecule has 0 amide bonds. The van der Waals surface area contributed by atoms with E-state index in [1.807, 2.05) is 0 Å². The predicted molar refractivity (Wildman–Crippen MR) is 47.7 cm³/mol. The summed E-state index contributed by atoms with van der Waals surface area (Å²) < 4.78 is 5.53. The van der Waals surface area contributed by atoms with Crippen LogP contribution in [0.15, 0.2) is 0 Å². The van der Waals surface area contributed by atoms with Crippen LogP contribution in [0.3, 0.4) is 0 Å². The second kappa shape index (κ2) is 4.10. The Morgan fingerprint density at radius 3 is 2.64 bits per heavy atom. The molecule has 11 heavy (non-hydrogen) atoms. The fourth-order valence-electron chi connectivity index (χ4n) is 2.09. The maximum absolute atomic E-state index is 5.53. The van der Waals surface area contributed by atoms with Gasteiger partial charge in [0.15, 0.2) is 0 Å². The first-order valence-electron chi connectivity index (χ1n) is 4.91. The molecule has 0 aromatic rings. The van der Waals surface area contributed by atoms with Gasteiger partial charge in [-0.3, -0.25) is 0 Å². The van der Waals surface area contributed by atoms with Crippen molar-refractivity contribution in [1.29, 1.82) is 0 Å². The first-order chi connectivity index (χ1) is 5.33. The van der Waals surface area contributed by atoms with Gasteiger partial charge in [-0.25, -0.2) is 0 Å². The van der Waals surface area contributed by atoms with E-state index in [0.29, 0.717) is 5.41 Å². The van der Waals surface area contributed by atoms with Gasteiger partial charge in [-0.1, -0.05) is 20.3 Å². The third kappa shape index (κ3) is 2.19. The van der Waals surface area contributed by atoms with Crippen molar-refractivity contribution in [1.82, 2.24) is 0 Å². The van der Waals surface area contributed by atoms with Gasteiger partial charge in [0.05, 0.1) is 6.61 Å². The number of hydrogen-bond donors (Lipinski definition) is 0. The van der Waals surface area contributed by atoms with Crippen LogP contribution in [0, 0.1) is 5.41 Å². The molecule has 0 aromatic heterocycles. The lowest BCUT2D eigenvalue weighted by molar-refractivity contribution is -0.0152. The molecule has 1 rings (SSSR count). The summed E-state index contributed by atoms with van der Waals surface area (Å²) in [6.07, 6.45) is 6.60. The molecular formula is C10H20O. The summed E-state index contributed by atoms with van der Waals surface area (Å²) in [5.74, 6) is 0. The van der Waals surface area contributed by atoms with E-state index in [-0.39, 0.29) is 0 Å². The van der Waals surface area contributed by atoms with Gasteiger partial charge in [0.2, 0.25) is 0 Å². The highest BCUT2D eigenvalue weighted by molar-refractivity contribution is 4.79. The lowest BCUT2D eigenvalue weighted by atomic mass is 9.76. The Kier molecular flexibility index (Phi) is 3.38. The Balaban J connectivity index is 2.42. The van der Waals surface area contributed by atoms with Crippen molar-refractivity contribution in [3.8, 4) is 0 Å². The molecule has 0 saturated carbocycles. The third-order valence-electron chi connectivity index (χ3n) is 2.93. The quantitative estimate of drug-likeness (QED) is 0.610. The van der Waals surface area contributed by atoms with Crippen LogP contribution < -0.4 is 0 Å². The van der Waals surface area contributed by atoms with Crippen LogP contribution in [0.25, 0.3) is 0 Å². The molecule has 1 heterocycles. The molecule has 1 unspecified atom stereocenters. The second-order valence-electron chi connectivity index (χ2n) is 3.76. The molecule has 1 fully saturated rings. The molecule has 66 valence electrons. The van der Waals surface area contributed by atoms with E-state index in [1.165, 1.54) is 32.1 Å². The van der Waals surface area contributed by atoms with Gasteiger partial charge in [-0.05, 0) is 31.1 Å². The van der Waals surface area contributed by atoms with Crippen LogP contribution >= 0.6 is 0 Å². The molecule has 1 aliphatic rings. The topological polar surface area (TPSA) is 9.23 Å². The molecule has 0 bridgehead atoms. The summed E-state index contributed by atoms with van der Waals surface area (Å²) in [5, 5.41) is 0. The van der Waals surface area contributed by atoms with Crippen LogP contribution in [0.2, 0.25) is 0 Å². The smallest absolute Gasteiger partial charge is 0.0522 e. The zero-order valence-corrected chi connectivity index (χ0v) is 7.86. The number of ether oxygens (including phenoxy) is 1. The Labute approximate surface area is 70.1 Å². The Morgan fingerprint density at radius 1 is 1.36 bits per heavy atom. The largest absolute Gasteiger partial charge is 0.381 e. The Morgan fingerprint density at radius 2 is 2.18 bits per heavy atom. The average Bonchev–Trinajstić information content (AvgIpc) is 2.07. The summed E-state index contributed by atoms with van der Waals surface area (Å²) in [4.78, 5) is 0. The van der Waals surface area contributed by atoms with Crippen molar-refractivity contribution in [2.24, 2.45) is 5.41 Å². The fourth-order valence-corrected chi connectivity index (χ4v) is 2.09. The maximum Gasteiger partial charge on any atom is 0.0522 e. The van der Waals surface area contributed by atoms with Gasteiger partial charge < -0.3 is 4.74 Å². The lowest BCUT2D eigenvalue weighted by Gasteiger charge is -2.36. The molecule has 0 spiro atoms. The highest BCUT2D eigenvalue weighted by Gasteiger charge is 2.29. The van der Waals surface area contributed by atoms with E-state index >= 15 is 0 Å². The van der Waals surface area contributed by atoms with Crippen molar-refractivity contribution in [2.75, 3.05) is 13.2 Å². The van der Waals surface area contributed by atoms with Crippen LogP contribution in [0.5, 0.6) is 0 Å². The Bertz CT molecular complexity index is 97.9. The molecule has 0 N–H and O–H groups in total. The van der Waals surface area contributed by atoms with E-state index in [4.69, 9.17) is 4.74 Å². The molecule has 1 aliphatic heterocycles. The van der Waals surface area contributed by atoms with Crippen LogP contribution in [0.1, 0.15) is 46.0 Å². The van der Waals surface area contributed by atoms with Gasteiger partial charge in [0, 0.05) is 6.61 Å². The van der Waals surface area contributed by atoms with E-state index in [0.717, 1.165) is 13.2 Å². The van der Waals surface area contributed by atoms with E-state index in [2.05, 4.69) is 13.8 Å². The van der Waals surface area contributed by atoms with Gasteiger partial charge in [0.1, 0.15) is 0 Å². The Hall–Kier alpha value is -0.0400. The van der Waals surface area contributed by atoms with Crippen LogP contribution in [0.4, 0.5) is 0 Å². The van der Waals surface area contributed by atoms with Crippen molar-refractivity contribution in [3.05, 3.63) is 0 Å². The molecule has 0 aromatic carbocycles.